The van der Waals surface area contributed by atoms with Gasteiger partial charge in [-0.3, -0.25) is 4.90 Å². The molecular formula is C21H25N3. The fourth-order valence-corrected chi connectivity index (χ4v) is 3.78. The lowest BCUT2D eigenvalue weighted by atomic mass is 10.1. The zero-order valence-corrected chi connectivity index (χ0v) is 14.3. The number of aromatic nitrogens is 2. The molecule has 3 nitrogen and oxygen atoms in total. The van der Waals surface area contributed by atoms with E-state index in [0.29, 0.717) is 12.0 Å². The third-order valence-electron chi connectivity index (χ3n) is 5.33. The lowest BCUT2D eigenvalue weighted by Crippen LogP contribution is -2.31. The Morgan fingerprint density at radius 3 is 2.75 bits per heavy atom. The van der Waals surface area contributed by atoms with E-state index in [4.69, 9.17) is 4.98 Å². The molecule has 3 aromatic rings. The molecule has 1 fully saturated rings. The van der Waals surface area contributed by atoms with Gasteiger partial charge in [0.1, 0.15) is 5.82 Å². The molecule has 1 aliphatic heterocycles. The van der Waals surface area contributed by atoms with Gasteiger partial charge in [0.2, 0.25) is 0 Å². The van der Waals surface area contributed by atoms with Crippen LogP contribution in [0.25, 0.3) is 11.0 Å². The summed E-state index contributed by atoms with van der Waals surface area (Å²) in [6.45, 7) is 4.66. The Morgan fingerprint density at radius 1 is 1.12 bits per heavy atom. The van der Waals surface area contributed by atoms with Gasteiger partial charge in [-0.1, -0.05) is 42.5 Å². The highest BCUT2D eigenvalue weighted by Gasteiger charge is 2.28. The van der Waals surface area contributed by atoms with E-state index in [2.05, 4.69) is 71.4 Å². The molecule has 124 valence electrons. The summed E-state index contributed by atoms with van der Waals surface area (Å²) in [6.07, 6.45) is 3.58. The highest BCUT2D eigenvalue weighted by atomic mass is 15.2. The minimum absolute atomic E-state index is 0.538. The number of rotatable bonds is 5. The maximum atomic E-state index is 4.80. The summed E-state index contributed by atoms with van der Waals surface area (Å²) in [5, 5.41) is 0. The van der Waals surface area contributed by atoms with Gasteiger partial charge in [-0.05, 0) is 50.4 Å². The van der Waals surface area contributed by atoms with Crippen LogP contribution in [0.5, 0.6) is 0 Å². The van der Waals surface area contributed by atoms with Crippen molar-refractivity contribution in [1.29, 1.82) is 0 Å². The Bertz CT molecular complexity index is 760. The summed E-state index contributed by atoms with van der Waals surface area (Å²) in [5.74, 6) is 1.70. The molecule has 4 rings (SSSR count). The van der Waals surface area contributed by atoms with E-state index in [1.807, 2.05) is 0 Å². The standard InChI is InChI=1S/C21H25N3/c1-16(11-12-17-7-3-2-4-8-17)24-14-13-18(15-24)21-22-19-9-5-6-10-20(19)23-21/h2-10,16,18H,11-15H2,1H3,(H,22,23). The number of aryl methyl sites for hydroxylation is 1. The van der Waals surface area contributed by atoms with Crippen molar-refractivity contribution in [2.24, 2.45) is 0 Å². The van der Waals surface area contributed by atoms with Gasteiger partial charge < -0.3 is 4.98 Å². The molecule has 1 aromatic heterocycles. The summed E-state index contributed by atoms with van der Waals surface area (Å²) < 4.78 is 0. The van der Waals surface area contributed by atoms with Crippen molar-refractivity contribution in [3.63, 3.8) is 0 Å². The molecule has 1 saturated heterocycles. The van der Waals surface area contributed by atoms with Gasteiger partial charge in [-0.2, -0.15) is 0 Å². The number of aromatic amines is 1. The van der Waals surface area contributed by atoms with E-state index >= 15 is 0 Å². The van der Waals surface area contributed by atoms with Crippen LogP contribution in [0.2, 0.25) is 0 Å². The minimum Gasteiger partial charge on any atom is -0.342 e. The van der Waals surface area contributed by atoms with Gasteiger partial charge in [-0.15, -0.1) is 0 Å². The summed E-state index contributed by atoms with van der Waals surface area (Å²) in [5.41, 5.74) is 3.68. The number of fused-ring (bicyclic) bond motifs is 1. The first-order valence-corrected chi connectivity index (χ1v) is 9.02. The number of imidazole rings is 1. The molecule has 2 unspecified atom stereocenters. The van der Waals surface area contributed by atoms with Crippen molar-refractivity contribution in [1.82, 2.24) is 14.9 Å². The molecule has 0 radical (unpaired) electrons. The molecule has 0 bridgehead atoms. The van der Waals surface area contributed by atoms with Gasteiger partial charge in [0.05, 0.1) is 11.0 Å². The number of hydrogen-bond acceptors (Lipinski definition) is 2. The molecule has 0 amide bonds. The Kier molecular flexibility index (Phi) is 4.35. The Balaban J connectivity index is 1.37. The molecule has 0 saturated carbocycles. The highest BCUT2D eigenvalue weighted by Crippen LogP contribution is 2.29. The molecule has 0 aliphatic carbocycles. The van der Waals surface area contributed by atoms with Crippen molar-refractivity contribution in [2.75, 3.05) is 13.1 Å². The fourth-order valence-electron chi connectivity index (χ4n) is 3.78. The maximum Gasteiger partial charge on any atom is 0.111 e. The second kappa shape index (κ2) is 6.78. The zero-order valence-electron chi connectivity index (χ0n) is 14.3. The molecule has 2 atom stereocenters. The van der Waals surface area contributed by atoms with Gasteiger partial charge in [0.25, 0.3) is 0 Å². The van der Waals surface area contributed by atoms with Crippen LogP contribution in [0.4, 0.5) is 0 Å². The van der Waals surface area contributed by atoms with E-state index in [-0.39, 0.29) is 0 Å². The molecule has 3 heteroatoms. The normalized spacial score (nSPS) is 19.8. The number of H-pyrrole nitrogens is 1. The number of hydrogen-bond donors (Lipinski definition) is 1. The molecule has 2 aromatic carbocycles. The van der Waals surface area contributed by atoms with Gasteiger partial charge in [-0.25, -0.2) is 4.98 Å². The second-order valence-corrected chi connectivity index (χ2v) is 6.99. The van der Waals surface area contributed by atoms with Crippen LogP contribution < -0.4 is 0 Å². The van der Waals surface area contributed by atoms with Crippen LogP contribution in [-0.2, 0) is 6.42 Å². The van der Waals surface area contributed by atoms with Crippen molar-refractivity contribution in [3.8, 4) is 0 Å². The van der Waals surface area contributed by atoms with E-state index < -0.39 is 0 Å². The van der Waals surface area contributed by atoms with Crippen LogP contribution >= 0.6 is 0 Å². The van der Waals surface area contributed by atoms with Crippen molar-refractivity contribution in [2.45, 2.75) is 38.1 Å². The van der Waals surface area contributed by atoms with Crippen molar-refractivity contribution >= 4 is 11.0 Å². The van der Waals surface area contributed by atoms with E-state index in [1.54, 1.807) is 0 Å². The van der Waals surface area contributed by atoms with E-state index in [0.717, 1.165) is 29.8 Å². The molecule has 1 aliphatic rings. The quantitative estimate of drug-likeness (QED) is 0.757. The number of para-hydroxylation sites is 2. The second-order valence-electron chi connectivity index (χ2n) is 6.99. The van der Waals surface area contributed by atoms with Gasteiger partial charge >= 0.3 is 0 Å². The van der Waals surface area contributed by atoms with Crippen molar-refractivity contribution < 1.29 is 0 Å². The number of nitrogens with one attached hydrogen (secondary N) is 1. The zero-order chi connectivity index (χ0) is 16.4. The first kappa shape index (κ1) is 15.4. The van der Waals surface area contributed by atoms with Crippen LogP contribution in [0.15, 0.2) is 54.6 Å². The molecule has 0 spiro atoms. The van der Waals surface area contributed by atoms with Crippen LogP contribution in [-0.4, -0.2) is 34.0 Å². The first-order chi connectivity index (χ1) is 11.8. The predicted molar refractivity (Wildman–Crippen MR) is 99.2 cm³/mol. The predicted octanol–water partition coefficient (Wildman–Crippen LogP) is 4.37. The Hall–Kier alpha value is -2.13. The van der Waals surface area contributed by atoms with Gasteiger partial charge in [0, 0.05) is 18.5 Å². The summed E-state index contributed by atoms with van der Waals surface area (Å²) >= 11 is 0. The maximum absolute atomic E-state index is 4.80. The van der Waals surface area contributed by atoms with Crippen molar-refractivity contribution in [3.05, 3.63) is 66.0 Å². The molecule has 24 heavy (non-hydrogen) atoms. The average Bonchev–Trinajstić information content (AvgIpc) is 3.27. The van der Waals surface area contributed by atoms with Crippen LogP contribution in [0.3, 0.4) is 0 Å². The summed E-state index contributed by atoms with van der Waals surface area (Å²) in [6, 6.07) is 19.8. The fraction of sp³-hybridized carbons (Fsp3) is 0.381. The molecule has 2 heterocycles. The van der Waals surface area contributed by atoms with E-state index in [9.17, 15) is 0 Å². The summed E-state index contributed by atoms with van der Waals surface area (Å²) in [4.78, 5) is 10.9. The Morgan fingerprint density at radius 2 is 1.92 bits per heavy atom. The van der Waals surface area contributed by atoms with Crippen LogP contribution in [0, 0.1) is 0 Å². The minimum atomic E-state index is 0.538. The number of likely N-dealkylation sites (tertiary alicyclic amines) is 1. The lowest BCUT2D eigenvalue weighted by molar-refractivity contribution is 0.244. The topological polar surface area (TPSA) is 31.9 Å². The lowest BCUT2D eigenvalue weighted by Gasteiger charge is -2.24. The third-order valence-corrected chi connectivity index (χ3v) is 5.33. The SMILES string of the molecule is CC(CCc1ccccc1)N1CCC(c2nc3ccccc3[nH]2)C1. The Labute approximate surface area is 143 Å². The first-order valence-electron chi connectivity index (χ1n) is 9.02. The molecular weight excluding hydrogens is 294 g/mol. The number of nitrogens with zero attached hydrogens (tertiary/aromatic N) is 2. The monoisotopic (exact) mass is 319 g/mol. The average molecular weight is 319 g/mol. The largest absolute Gasteiger partial charge is 0.342 e. The van der Waals surface area contributed by atoms with Crippen LogP contribution in [0.1, 0.15) is 37.1 Å². The van der Waals surface area contributed by atoms with E-state index in [1.165, 1.54) is 24.9 Å². The summed E-state index contributed by atoms with van der Waals surface area (Å²) in [7, 11) is 0. The number of benzene rings is 2. The highest BCUT2D eigenvalue weighted by molar-refractivity contribution is 5.74. The molecule has 1 N–H and O–H groups in total. The smallest absolute Gasteiger partial charge is 0.111 e. The third kappa shape index (κ3) is 3.22. The van der Waals surface area contributed by atoms with Gasteiger partial charge in [0.15, 0.2) is 0 Å².